The summed E-state index contributed by atoms with van der Waals surface area (Å²) in [6, 6.07) is 29.8. The van der Waals surface area contributed by atoms with Gasteiger partial charge >= 0.3 is 0 Å². The van der Waals surface area contributed by atoms with Crippen LogP contribution in [0.25, 0.3) is 11.3 Å². The summed E-state index contributed by atoms with van der Waals surface area (Å²) in [6.07, 6.45) is 2.13. The van der Waals surface area contributed by atoms with Gasteiger partial charge in [-0.2, -0.15) is 5.26 Å². The zero-order valence-corrected chi connectivity index (χ0v) is 20.8. The average Bonchev–Trinajstić information content (AvgIpc) is 3.10. The van der Waals surface area contributed by atoms with Crippen LogP contribution in [0.3, 0.4) is 0 Å². The van der Waals surface area contributed by atoms with Crippen molar-refractivity contribution in [3.63, 3.8) is 0 Å². The van der Waals surface area contributed by atoms with Crippen molar-refractivity contribution in [3.05, 3.63) is 102 Å². The average molecular weight is 492 g/mol. The minimum Gasteiger partial charge on any atom is -0.497 e. The normalized spacial score (nSPS) is 12.2. The van der Waals surface area contributed by atoms with Crippen molar-refractivity contribution in [3.8, 4) is 23.1 Å². The molecule has 6 heteroatoms. The Hall–Kier alpha value is -4.08. The Morgan fingerprint density at radius 3 is 2.19 bits per heavy atom. The highest BCUT2D eigenvalue weighted by Gasteiger charge is 2.25. The number of carbonyl (C=O) groups is 1. The van der Waals surface area contributed by atoms with Gasteiger partial charge in [-0.25, -0.2) is 4.98 Å². The molecule has 0 fully saturated rings. The number of aryl methyl sites for hydroxylation is 2. The summed E-state index contributed by atoms with van der Waals surface area (Å²) in [4.78, 5) is 20.2. The summed E-state index contributed by atoms with van der Waals surface area (Å²) in [7, 11) is 1.63. The van der Waals surface area contributed by atoms with Gasteiger partial charge in [0.1, 0.15) is 16.8 Å². The van der Waals surface area contributed by atoms with Crippen LogP contribution in [0, 0.1) is 11.3 Å². The molecule has 0 N–H and O–H groups in total. The van der Waals surface area contributed by atoms with Crippen molar-refractivity contribution in [1.29, 1.82) is 5.26 Å². The molecule has 1 amide bonds. The van der Waals surface area contributed by atoms with Crippen LogP contribution in [0.1, 0.15) is 23.1 Å². The summed E-state index contributed by atoms with van der Waals surface area (Å²) >= 11 is 1.44. The van der Waals surface area contributed by atoms with E-state index in [4.69, 9.17) is 9.72 Å². The number of anilines is 2. The Balaban J connectivity index is 1.36. The first-order valence-electron chi connectivity index (χ1n) is 11.8. The van der Waals surface area contributed by atoms with Crippen molar-refractivity contribution in [2.24, 2.45) is 0 Å². The number of benzene rings is 3. The number of hydrogen-bond donors (Lipinski definition) is 0. The molecule has 178 valence electrons. The first-order chi connectivity index (χ1) is 17.7. The maximum Gasteiger partial charge on any atom is 0.232 e. The number of amides is 1. The third-order valence-electron chi connectivity index (χ3n) is 6.30. The van der Waals surface area contributed by atoms with E-state index >= 15 is 0 Å². The number of nitriles is 1. The molecule has 1 aromatic heterocycles. The summed E-state index contributed by atoms with van der Waals surface area (Å²) < 4.78 is 5.24. The molecule has 1 aliphatic heterocycles. The molecule has 3 aromatic carbocycles. The van der Waals surface area contributed by atoms with Gasteiger partial charge in [0.05, 0.1) is 29.7 Å². The van der Waals surface area contributed by atoms with Crippen molar-refractivity contribution >= 4 is 29.0 Å². The zero-order valence-electron chi connectivity index (χ0n) is 20.0. The number of rotatable bonds is 6. The van der Waals surface area contributed by atoms with Crippen molar-refractivity contribution in [2.45, 2.75) is 24.3 Å². The minimum absolute atomic E-state index is 0.0362. The number of fused-ring (bicyclic) bond motifs is 2. The van der Waals surface area contributed by atoms with Gasteiger partial charge in [0, 0.05) is 17.7 Å². The number of aromatic nitrogens is 1. The zero-order chi connectivity index (χ0) is 24.9. The number of ether oxygens (including phenoxy) is 1. The summed E-state index contributed by atoms with van der Waals surface area (Å²) in [5, 5.41) is 10.2. The van der Waals surface area contributed by atoms with Crippen molar-refractivity contribution in [1.82, 2.24) is 4.98 Å². The summed E-state index contributed by atoms with van der Waals surface area (Å²) in [5.41, 5.74) is 6.49. The summed E-state index contributed by atoms with van der Waals surface area (Å²) in [6.45, 7) is 0. The summed E-state index contributed by atoms with van der Waals surface area (Å²) in [5.74, 6) is 1.33. The van der Waals surface area contributed by atoms with Gasteiger partial charge in [-0.3, -0.25) is 9.69 Å². The molecule has 5 rings (SSSR count). The second-order valence-electron chi connectivity index (χ2n) is 8.47. The fourth-order valence-corrected chi connectivity index (χ4v) is 5.36. The van der Waals surface area contributed by atoms with Crippen LogP contribution in [0.4, 0.5) is 11.4 Å². The Morgan fingerprint density at radius 2 is 1.58 bits per heavy atom. The van der Waals surface area contributed by atoms with Crippen molar-refractivity contribution < 1.29 is 9.53 Å². The molecule has 0 aliphatic carbocycles. The number of nitrogens with zero attached hydrogens (tertiary/aromatic N) is 3. The lowest BCUT2D eigenvalue weighted by atomic mass is 10.0. The van der Waals surface area contributed by atoms with E-state index in [1.807, 2.05) is 71.6 Å². The van der Waals surface area contributed by atoms with Gasteiger partial charge < -0.3 is 4.74 Å². The van der Waals surface area contributed by atoms with E-state index in [9.17, 15) is 10.1 Å². The lowest BCUT2D eigenvalue weighted by Gasteiger charge is -2.25. The van der Waals surface area contributed by atoms with Gasteiger partial charge in [-0.05, 0) is 72.5 Å². The topological polar surface area (TPSA) is 66.2 Å². The smallest absolute Gasteiger partial charge is 0.232 e. The molecule has 1 aliphatic rings. The molecule has 0 saturated carbocycles. The van der Waals surface area contributed by atoms with E-state index in [-0.39, 0.29) is 5.91 Å². The van der Waals surface area contributed by atoms with Crippen LogP contribution >= 0.6 is 11.8 Å². The van der Waals surface area contributed by atoms with E-state index in [1.165, 1.54) is 22.9 Å². The Labute approximate surface area is 215 Å². The van der Waals surface area contributed by atoms with Gasteiger partial charge in [0.15, 0.2) is 0 Å². The highest BCUT2D eigenvalue weighted by molar-refractivity contribution is 7.99. The van der Waals surface area contributed by atoms with Gasteiger partial charge in [0.2, 0.25) is 5.91 Å². The van der Waals surface area contributed by atoms with Crippen LogP contribution in [-0.4, -0.2) is 23.8 Å². The minimum atomic E-state index is 0.0362. The standard InChI is InChI=1S/C30H25N3O2S/c1-35-25-15-12-21(13-16-25)26-17-14-24(20-31)30(32-26)36-19-18-29(34)33-27-8-4-2-6-22(27)10-11-23-7-3-5-9-28(23)33/h2-9,12-17H,10-11,18-19H2,1H3. The number of methoxy groups -OCH3 is 1. The van der Waals surface area contributed by atoms with Crippen LogP contribution in [0.2, 0.25) is 0 Å². The third kappa shape index (κ3) is 4.84. The van der Waals surface area contributed by atoms with E-state index in [2.05, 4.69) is 18.2 Å². The number of pyridine rings is 1. The third-order valence-corrected chi connectivity index (χ3v) is 7.29. The predicted octanol–water partition coefficient (Wildman–Crippen LogP) is 6.57. The lowest BCUT2D eigenvalue weighted by Crippen LogP contribution is -2.27. The van der Waals surface area contributed by atoms with Gasteiger partial charge in [-0.15, -0.1) is 11.8 Å². The maximum atomic E-state index is 13.6. The van der Waals surface area contributed by atoms with E-state index in [0.717, 1.165) is 41.2 Å². The maximum absolute atomic E-state index is 13.6. The number of hydrogen-bond acceptors (Lipinski definition) is 5. The molecule has 0 saturated heterocycles. The number of thioether (sulfide) groups is 1. The fourth-order valence-electron chi connectivity index (χ4n) is 4.45. The van der Waals surface area contributed by atoms with E-state index in [1.54, 1.807) is 13.2 Å². The SMILES string of the molecule is COc1ccc(-c2ccc(C#N)c(SCCC(=O)N3c4ccccc4CCc4ccccc43)n2)cc1. The molecule has 4 aromatic rings. The molecule has 5 nitrogen and oxygen atoms in total. The second-order valence-corrected chi connectivity index (χ2v) is 9.56. The van der Waals surface area contributed by atoms with Crippen molar-refractivity contribution in [2.75, 3.05) is 17.8 Å². The molecule has 0 radical (unpaired) electrons. The van der Waals surface area contributed by atoms with E-state index < -0.39 is 0 Å². The molecule has 36 heavy (non-hydrogen) atoms. The first kappa shape index (κ1) is 23.7. The molecular weight excluding hydrogens is 466 g/mol. The Morgan fingerprint density at radius 1 is 0.944 bits per heavy atom. The fraction of sp³-hybridized carbons (Fsp3) is 0.167. The molecular formula is C30H25N3O2S. The first-order valence-corrected chi connectivity index (χ1v) is 12.8. The Bertz CT molecular complexity index is 1400. The molecule has 0 bridgehead atoms. The van der Waals surface area contributed by atoms with Crippen LogP contribution in [0.15, 0.2) is 90.0 Å². The lowest BCUT2D eigenvalue weighted by molar-refractivity contribution is -0.117. The predicted molar refractivity (Wildman–Crippen MR) is 144 cm³/mol. The highest BCUT2D eigenvalue weighted by Crippen LogP contribution is 2.37. The molecule has 0 spiro atoms. The van der Waals surface area contributed by atoms with Gasteiger partial charge in [-0.1, -0.05) is 36.4 Å². The second kappa shape index (κ2) is 10.7. The molecule has 2 heterocycles. The molecule has 0 atom stereocenters. The van der Waals surface area contributed by atoms with Gasteiger partial charge in [0.25, 0.3) is 0 Å². The molecule has 0 unspecified atom stereocenters. The highest BCUT2D eigenvalue weighted by atomic mass is 32.2. The number of carbonyl (C=O) groups excluding carboxylic acids is 1. The van der Waals surface area contributed by atoms with Crippen LogP contribution < -0.4 is 9.64 Å². The quantitative estimate of drug-likeness (QED) is 0.285. The number of para-hydroxylation sites is 2. The monoisotopic (exact) mass is 491 g/mol. The van der Waals surface area contributed by atoms with Crippen LogP contribution in [-0.2, 0) is 17.6 Å². The van der Waals surface area contributed by atoms with E-state index in [0.29, 0.717) is 22.8 Å². The Kier molecular flexibility index (Phi) is 7.01. The largest absolute Gasteiger partial charge is 0.497 e. The van der Waals surface area contributed by atoms with Crippen LogP contribution in [0.5, 0.6) is 5.75 Å².